The third kappa shape index (κ3) is 2.91. The van der Waals surface area contributed by atoms with E-state index in [1.54, 1.807) is 12.4 Å². The number of fused-ring (bicyclic) bond motifs is 2. The van der Waals surface area contributed by atoms with E-state index in [0.29, 0.717) is 28.2 Å². The van der Waals surface area contributed by atoms with Gasteiger partial charge in [0.25, 0.3) is 0 Å². The Labute approximate surface area is 187 Å². The number of aromatic nitrogens is 7. The van der Waals surface area contributed by atoms with E-state index in [-0.39, 0.29) is 11.9 Å². The van der Waals surface area contributed by atoms with Gasteiger partial charge in [-0.1, -0.05) is 0 Å². The molecule has 0 amide bonds. The van der Waals surface area contributed by atoms with Crippen LogP contribution in [-0.4, -0.2) is 47.8 Å². The summed E-state index contributed by atoms with van der Waals surface area (Å²) in [5, 5.41) is 13.9. The lowest BCUT2D eigenvalue weighted by atomic mass is 9.61. The molecule has 3 N–H and O–H groups in total. The Hall–Kier alpha value is -3.92. The molecule has 1 saturated carbocycles. The Morgan fingerprint density at radius 3 is 2.82 bits per heavy atom. The second-order valence-corrected chi connectivity index (χ2v) is 9.00. The van der Waals surface area contributed by atoms with Crippen LogP contribution in [0.3, 0.4) is 0 Å². The molecule has 10 heteroatoms. The van der Waals surface area contributed by atoms with Gasteiger partial charge in [0.2, 0.25) is 0 Å². The van der Waals surface area contributed by atoms with Crippen LogP contribution in [0.4, 0.5) is 16.0 Å². The van der Waals surface area contributed by atoms with E-state index in [2.05, 4.69) is 40.8 Å². The first kappa shape index (κ1) is 18.6. The van der Waals surface area contributed by atoms with Crippen molar-refractivity contribution in [2.75, 3.05) is 18.4 Å². The van der Waals surface area contributed by atoms with Crippen molar-refractivity contribution in [3.63, 3.8) is 0 Å². The summed E-state index contributed by atoms with van der Waals surface area (Å²) in [4.78, 5) is 17.8. The second kappa shape index (κ2) is 6.79. The monoisotopic (exact) mass is 441 g/mol. The van der Waals surface area contributed by atoms with E-state index in [0.717, 1.165) is 48.2 Å². The number of H-pyrrole nitrogens is 1. The molecule has 1 aliphatic heterocycles. The number of nitrogens with zero attached hydrogens (tertiary/aromatic N) is 6. The normalized spacial score (nSPS) is 17.4. The third-order valence-corrected chi connectivity index (χ3v) is 6.83. The molecule has 0 bridgehead atoms. The van der Waals surface area contributed by atoms with Crippen LogP contribution >= 0.6 is 0 Å². The van der Waals surface area contributed by atoms with Crippen LogP contribution in [-0.2, 0) is 0 Å². The van der Waals surface area contributed by atoms with Gasteiger partial charge in [0.15, 0.2) is 23.1 Å². The summed E-state index contributed by atoms with van der Waals surface area (Å²) in [7, 11) is 0. The highest BCUT2D eigenvalue weighted by Gasteiger charge is 2.49. The highest BCUT2D eigenvalue weighted by atomic mass is 19.1. The van der Waals surface area contributed by atoms with Crippen LogP contribution in [0, 0.1) is 11.2 Å². The molecule has 2 fully saturated rings. The summed E-state index contributed by atoms with van der Waals surface area (Å²) in [5.74, 6) is 0.758. The van der Waals surface area contributed by atoms with Crippen LogP contribution in [0.1, 0.15) is 18.9 Å². The lowest BCUT2D eigenvalue weighted by Crippen LogP contribution is -2.60. The van der Waals surface area contributed by atoms with Crippen LogP contribution in [0.2, 0.25) is 0 Å². The molecule has 6 heterocycles. The summed E-state index contributed by atoms with van der Waals surface area (Å²) in [6, 6.07) is 7.82. The number of aromatic amines is 1. The smallest absolute Gasteiger partial charge is 0.168 e. The first-order valence-electron chi connectivity index (χ1n) is 10.9. The molecule has 1 saturated heterocycles. The van der Waals surface area contributed by atoms with Crippen LogP contribution in [0.25, 0.3) is 33.5 Å². The fourth-order valence-electron chi connectivity index (χ4n) is 5.07. The largest absolute Gasteiger partial charge is 0.325 e. The van der Waals surface area contributed by atoms with Gasteiger partial charge in [-0.15, -0.1) is 0 Å². The van der Waals surface area contributed by atoms with E-state index >= 15 is 0 Å². The fourth-order valence-corrected chi connectivity index (χ4v) is 5.07. The zero-order chi connectivity index (χ0) is 22.0. The van der Waals surface area contributed by atoms with Crippen LogP contribution in [0.5, 0.6) is 0 Å². The van der Waals surface area contributed by atoms with E-state index in [9.17, 15) is 4.39 Å². The van der Waals surface area contributed by atoms with Gasteiger partial charge in [0.05, 0.1) is 22.9 Å². The topological polar surface area (TPSA) is 109 Å². The maximum absolute atomic E-state index is 14.5. The Bertz CT molecular complexity index is 1500. The maximum Gasteiger partial charge on any atom is 0.168 e. The predicted molar refractivity (Wildman–Crippen MR) is 121 cm³/mol. The molecule has 0 radical (unpaired) electrons. The lowest BCUT2D eigenvalue weighted by Gasteiger charge is -2.54. The zero-order valence-electron chi connectivity index (χ0n) is 17.6. The Morgan fingerprint density at radius 2 is 1.97 bits per heavy atom. The van der Waals surface area contributed by atoms with Gasteiger partial charge < -0.3 is 15.2 Å². The van der Waals surface area contributed by atoms with Gasteiger partial charge in [0, 0.05) is 49.4 Å². The summed E-state index contributed by atoms with van der Waals surface area (Å²) < 4.78 is 16.5. The van der Waals surface area contributed by atoms with Crippen LogP contribution < -0.4 is 10.6 Å². The van der Waals surface area contributed by atoms with Crippen molar-refractivity contribution < 1.29 is 4.39 Å². The summed E-state index contributed by atoms with van der Waals surface area (Å²) in [6.45, 7) is 2.10. The van der Waals surface area contributed by atoms with E-state index in [4.69, 9.17) is 0 Å². The fraction of sp³-hybridized carbons (Fsp3) is 0.261. The molecule has 33 heavy (non-hydrogen) atoms. The summed E-state index contributed by atoms with van der Waals surface area (Å²) in [6.07, 6.45) is 8.64. The number of pyridine rings is 2. The van der Waals surface area contributed by atoms with Crippen molar-refractivity contribution in [1.29, 1.82) is 0 Å². The number of hydrogen-bond acceptors (Lipinski definition) is 7. The molecule has 0 atom stereocenters. The molecule has 1 aliphatic carbocycles. The number of rotatable bonds is 4. The van der Waals surface area contributed by atoms with Gasteiger partial charge in [0.1, 0.15) is 5.52 Å². The predicted octanol–water partition coefficient (Wildman–Crippen LogP) is 3.57. The van der Waals surface area contributed by atoms with Crippen molar-refractivity contribution >= 4 is 33.8 Å². The molecule has 7 rings (SSSR count). The molecule has 5 aromatic rings. The molecule has 0 aromatic carbocycles. The van der Waals surface area contributed by atoms with Gasteiger partial charge in [-0.25, -0.2) is 14.4 Å². The van der Waals surface area contributed by atoms with Gasteiger partial charge >= 0.3 is 0 Å². The molecule has 0 unspecified atom stereocenters. The average molecular weight is 441 g/mol. The minimum absolute atomic E-state index is 0.258. The Morgan fingerprint density at radius 1 is 1.06 bits per heavy atom. The zero-order valence-corrected chi connectivity index (χ0v) is 17.6. The number of anilines is 2. The standard InChI is InChI=1S/C23H20FN9/c24-15-10-33(13-7-23(8-13)11-25-12-23)22-21(15)28-9-19(30-22)29-18-6-17(31-32-18)14-3-5-26-16-2-1-4-27-20(14)16/h1-6,9-10,13,25H,7-8,11-12H2,(H2,29,30,31,32). The molecule has 9 nitrogen and oxygen atoms in total. The van der Waals surface area contributed by atoms with E-state index < -0.39 is 0 Å². The minimum Gasteiger partial charge on any atom is -0.325 e. The van der Waals surface area contributed by atoms with Crippen molar-refractivity contribution in [2.24, 2.45) is 5.41 Å². The summed E-state index contributed by atoms with van der Waals surface area (Å²) >= 11 is 0. The number of hydrogen-bond donors (Lipinski definition) is 3. The molecule has 2 aliphatic rings. The quantitative estimate of drug-likeness (QED) is 0.391. The Kier molecular flexibility index (Phi) is 3.83. The molecule has 164 valence electrons. The van der Waals surface area contributed by atoms with Gasteiger partial charge in [-0.3, -0.25) is 15.1 Å². The highest BCUT2D eigenvalue weighted by Crippen LogP contribution is 2.51. The summed E-state index contributed by atoms with van der Waals surface area (Å²) in [5.41, 5.74) is 4.57. The van der Waals surface area contributed by atoms with Gasteiger partial charge in [-0.2, -0.15) is 5.10 Å². The Balaban J connectivity index is 1.19. The van der Waals surface area contributed by atoms with E-state index in [1.165, 1.54) is 12.4 Å². The number of nitrogens with one attached hydrogen (secondary N) is 3. The first-order valence-corrected chi connectivity index (χ1v) is 10.9. The average Bonchev–Trinajstić information content (AvgIpc) is 3.36. The molecular weight excluding hydrogens is 421 g/mol. The molecule has 5 aromatic heterocycles. The highest BCUT2D eigenvalue weighted by molar-refractivity contribution is 5.90. The van der Waals surface area contributed by atoms with Gasteiger partial charge in [-0.05, 0) is 36.5 Å². The lowest BCUT2D eigenvalue weighted by molar-refractivity contribution is 0.00901. The SMILES string of the molecule is Fc1cn(C2CC3(CNC3)C2)c2nc(Nc3cc(-c4ccnc5cccnc45)[nH]n3)cnc12. The molecule has 1 spiro atoms. The minimum atomic E-state index is -0.337. The third-order valence-electron chi connectivity index (χ3n) is 6.83. The van der Waals surface area contributed by atoms with Crippen LogP contribution in [0.15, 0.2) is 49.1 Å². The van der Waals surface area contributed by atoms with Crippen molar-refractivity contribution in [3.05, 3.63) is 54.9 Å². The molecular formula is C23H20FN9. The maximum atomic E-state index is 14.5. The van der Waals surface area contributed by atoms with Crippen molar-refractivity contribution in [3.8, 4) is 11.3 Å². The van der Waals surface area contributed by atoms with E-state index in [1.807, 2.05) is 28.8 Å². The van der Waals surface area contributed by atoms with Crippen molar-refractivity contribution in [2.45, 2.75) is 18.9 Å². The number of halogens is 1. The second-order valence-electron chi connectivity index (χ2n) is 9.00. The first-order chi connectivity index (χ1) is 16.2. The van der Waals surface area contributed by atoms with Crippen molar-refractivity contribution in [1.82, 2.24) is 40.0 Å².